The van der Waals surface area contributed by atoms with Gasteiger partial charge in [-0.25, -0.2) is 0 Å². The van der Waals surface area contributed by atoms with Crippen molar-refractivity contribution in [2.45, 2.75) is 50.0 Å². The van der Waals surface area contributed by atoms with E-state index in [0.717, 1.165) is 0 Å². The van der Waals surface area contributed by atoms with Crippen molar-refractivity contribution in [1.29, 1.82) is 0 Å². The molecule has 2 unspecified atom stereocenters. The molecule has 0 aromatic heterocycles. The van der Waals surface area contributed by atoms with Crippen molar-refractivity contribution < 1.29 is 0 Å². The van der Waals surface area contributed by atoms with Crippen molar-refractivity contribution in [3.63, 3.8) is 0 Å². The van der Waals surface area contributed by atoms with E-state index in [4.69, 9.17) is 0 Å². The lowest BCUT2D eigenvalue weighted by Crippen LogP contribution is -2.07. The first kappa shape index (κ1) is 14.1. The van der Waals surface area contributed by atoms with Crippen molar-refractivity contribution in [1.82, 2.24) is 0 Å². The average Bonchev–Trinajstić information content (AvgIpc) is 2.05. The summed E-state index contributed by atoms with van der Waals surface area (Å²) in [6.07, 6.45) is 4.96. The molecule has 3 heteroatoms. The van der Waals surface area contributed by atoms with E-state index >= 15 is 0 Å². The second-order valence-electron chi connectivity index (χ2n) is 3.42. The van der Waals surface area contributed by atoms with Crippen LogP contribution in [0.5, 0.6) is 0 Å². The number of thiol groups is 2. The van der Waals surface area contributed by atoms with Crippen molar-refractivity contribution >= 4 is 37.0 Å². The Balaban J connectivity index is 3.23. The molecule has 0 aliphatic rings. The molecule has 0 spiro atoms. The zero-order valence-corrected chi connectivity index (χ0v) is 11.3. The van der Waals surface area contributed by atoms with Crippen LogP contribution in [0.2, 0.25) is 0 Å². The lowest BCUT2D eigenvalue weighted by atomic mass is 10.3. The minimum Gasteiger partial charge on any atom is -0.175 e. The molecule has 2 atom stereocenters. The summed E-state index contributed by atoms with van der Waals surface area (Å²) in [6, 6.07) is 0. The maximum atomic E-state index is 4.52. The Kier molecular flexibility index (Phi) is 10.4. The summed E-state index contributed by atoms with van der Waals surface area (Å²) in [5.41, 5.74) is 0. The topological polar surface area (TPSA) is 0 Å². The lowest BCUT2D eigenvalue weighted by molar-refractivity contribution is 0.788. The van der Waals surface area contributed by atoms with E-state index in [9.17, 15) is 0 Å². The van der Waals surface area contributed by atoms with E-state index in [1.165, 1.54) is 37.2 Å². The second-order valence-corrected chi connectivity index (χ2v) is 5.96. The van der Waals surface area contributed by atoms with Gasteiger partial charge in [0.2, 0.25) is 0 Å². The third-order valence-electron chi connectivity index (χ3n) is 1.86. The molecule has 0 amide bonds. The number of rotatable bonds is 8. The van der Waals surface area contributed by atoms with Crippen LogP contribution in [0, 0.1) is 0 Å². The highest BCUT2D eigenvalue weighted by Gasteiger charge is 2.05. The Morgan fingerprint density at radius 3 is 1.62 bits per heavy atom. The quantitative estimate of drug-likeness (QED) is 0.605. The Labute approximate surface area is 98.5 Å². The number of thioether (sulfide) groups is 1. The van der Waals surface area contributed by atoms with Gasteiger partial charge < -0.3 is 0 Å². The van der Waals surface area contributed by atoms with Crippen LogP contribution in [0.25, 0.3) is 0 Å². The fraction of sp³-hybridized carbons (Fsp3) is 1.00. The first-order valence-corrected chi connectivity index (χ1v) is 7.33. The highest BCUT2D eigenvalue weighted by atomic mass is 32.2. The fourth-order valence-corrected chi connectivity index (χ4v) is 3.34. The van der Waals surface area contributed by atoms with Gasteiger partial charge in [0.1, 0.15) is 0 Å². The molecular formula is C10H22S3. The van der Waals surface area contributed by atoms with Crippen LogP contribution in [0.4, 0.5) is 0 Å². The molecule has 0 heterocycles. The van der Waals surface area contributed by atoms with E-state index in [1.54, 1.807) is 0 Å². The third-order valence-corrected chi connectivity index (χ3v) is 4.52. The third kappa shape index (κ3) is 9.36. The highest BCUT2D eigenvalue weighted by Crippen LogP contribution is 2.17. The smallest absolute Gasteiger partial charge is 0.0107 e. The second kappa shape index (κ2) is 9.60. The van der Waals surface area contributed by atoms with Crippen molar-refractivity contribution in [3.05, 3.63) is 0 Å². The molecule has 0 aliphatic heterocycles. The Hall–Kier alpha value is 1.05. The summed E-state index contributed by atoms with van der Waals surface area (Å²) in [7, 11) is 0. The maximum absolute atomic E-state index is 4.52. The van der Waals surface area contributed by atoms with E-state index in [1.807, 2.05) is 11.8 Å². The van der Waals surface area contributed by atoms with Crippen LogP contribution >= 0.6 is 37.0 Å². The Morgan fingerprint density at radius 1 is 0.923 bits per heavy atom. The fourth-order valence-electron chi connectivity index (χ4n) is 1.17. The van der Waals surface area contributed by atoms with E-state index < -0.39 is 0 Å². The summed E-state index contributed by atoms with van der Waals surface area (Å²) >= 11 is 11.0. The number of hydrogen-bond donors (Lipinski definition) is 2. The van der Waals surface area contributed by atoms with Crippen molar-refractivity contribution in [3.8, 4) is 0 Å². The molecule has 80 valence electrons. The van der Waals surface area contributed by atoms with Gasteiger partial charge in [0.05, 0.1) is 0 Å². The normalized spacial score (nSPS) is 15.7. The molecule has 0 nitrogen and oxygen atoms in total. The van der Waals surface area contributed by atoms with Gasteiger partial charge >= 0.3 is 0 Å². The van der Waals surface area contributed by atoms with Gasteiger partial charge in [0.15, 0.2) is 0 Å². The molecule has 0 aliphatic carbocycles. The van der Waals surface area contributed by atoms with Gasteiger partial charge in [-0.2, -0.15) is 37.0 Å². The largest absolute Gasteiger partial charge is 0.175 e. The SMILES string of the molecule is CCCC(S)CSCC(S)CCC. The molecule has 0 fully saturated rings. The first-order valence-electron chi connectivity index (χ1n) is 5.14. The summed E-state index contributed by atoms with van der Waals surface area (Å²) in [6.45, 7) is 4.43. The van der Waals surface area contributed by atoms with Crippen molar-refractivity contribution in [2.24, 2.45) is 0 Å². The molecule has 0 saturated carbocycles. The highest BCUT2D eigenvalue weighted by molar-refractivity contribution is 8.00. The summed E-state index contributed by atoms with van der Waals surface area (Å²) in [5, 5.41) is 1.16. The van der Waals surface area contributed by atoms with Crippen LogP contribution in [0.3, 0.4) is 0 Å². The molecule has 0 radical (unpaired) electrons. The molecule has 0 bridgehead atoms. The standard InChI is InChI=1S/C10H22S3/c1-3-5-9(11)7-13-8-10(12)6-4-2/h9-12H,3-8H2,1-2H3. The monoisotopic (exact) mass is 238 g/mol. The van der Waals surface area contributed by atoms with Crippen LogP contribution in [-0.4, -0.2) is 22.0 Å². The van der Waals surface area contributed by atoms with E-state index in [-0.39, 0.29) is 0 Å². The average molecular weight is 238 g/mol. The van der Waals surface area contributed by atoms with Gasteiger partial charge in [-0.3, -0.25) is 0 Å². The van der Waals surface area contributed by atoms with E-state index in [2.05, 4.69) is 39.1 Å². The lowest BCUT2D eigenvalue weighted by Gasteiger charge is -2.11. The predicted molar refractivity (Wildman–Crippen MR) is 72.7 cm³/mol. The van der Waals surface area contributed by atoms with Gasteiger partial charge in [0, 0.05) is 22.0 Å². The predicted octanol–water partition coefficient (Wildman–Crippen LogP) is 3.92. The molecule has 13 heavy (non-hydrogen) atoms. The van der Waals surface area contributed by atoms with Gasteiger partial charge in [-0.05, 0) is 12.8 Å². The summed E-state index contributed by atoms with van der Waals surface area (Å²) < 4.78 is 0. The molecule has 0 saturated heterocycles. The van der Waals surface area contributed by atoms with Gasteiger partial charge in [0.25, 0.3) is 0 Å². The number of hydrogen-bond acceptors (Lipinski definition) is 3. The van der Waals surface area contributed by atoms with E-state index in [0.29, 0.717) is 10.5 Å². The van der Waals surface area contributed by atoms with Crippen LogP contribution in [0.15, 0.2) is 0 Å². The minimum atomic E-state index is 0.581. The maximum Gasteiger partial charge on any atom is 0.0107 e. The summed E-state index contributed by atoms with van der Waals surface area (Å²) in [4.78, 5) is 0. The van der Waals surface area contributed by atoms with Crippen LogP contribution in [-0.2, 0) is 0 Å². The minimum absolute atomic E-state index is 0.581. The Bertz CT molecular complexity index is 94.3. The zero-order valence-electron chi connectivity index (χ0n) is 8.70. The molecule has 0 N–H and O–H groups in total. The molecular weight excluding hydrogens is 216 g/mol. The molecule has 0 aromatic carbocycles. The summed E-state index contributed by atoms with van der Waals surface area (Å²) in [5.74, 6) is 2.36. The zero-order chi connectivity index (χ0) is 10.1. The van der Waals surface area contributed by atoms with Crippen molar-refractivity contribution in [2.75, 3.05) is 11.5 Å². The first-order chi connectivity index (χ1) is 6.20. The van der Waals surface area contributed by atoms with Gasteiger partial charge in [-0.1, -0.05) is 26.7 Å². The molecule has 0 aromatic rings. The van der Waals surface area contributed by atoms with Crippen LogP contribution in [0.1, 0.15) is 39.5 Å². The van der Waals surface area contributed by atoms with Gasteiger partial charge in [-0.15, -0.1) is 0 Å². The van der Waals surface area contributed by atoms with Crippen LogP contribution < -0.4 is 0 Å². The molecule has 0 rings (SSSR count). The Morgan fingerprint density at radius 2 is 1.31 bits per heavy atom.